The predicted octanol–water partition coefficient (Wildman–Crippen LogP) is 2.93. The number of aromatic carboxylic acids is 1. The van der Waals surface area contributed by atoms with Gasteiger partial charge in [-0.15, -0.1) is 0 Å². The number of carboxylic acid groups (broad SMARTS) is 1. The van der Waals surface area contributed by atoms with Gasteiger partial charge in [-0.05, 0) is 24.0 Å². The summed E-state index contributed by atoms with van der Waals surface area (Å²) in [5, 5.41) is 11.5. The number of amides is 2. The van der Waals surface area contributed by atoms with Gasteiger partial charge in [0, 0.05) is 13.1 Å². The van der Waals surface area contributed by atoms with Crippen molar-refractivity contribution < 1.29 is 14.7 Å². The topological polar surface area (TPSA) is 82.5 Å². The molecule has 1 aromatic rings. The molecular weight excluding hydrogens is 270 g/mol. The van der Waals surface area contributed by atoms with Crippen molar-refractivity contribution in [2.75, 3.05) is 18.4 Å². The van der Waals surface area contributed by atoms with E-state index in [2.05, 4.69) is 38.0 Å². The molecule has 2 amide bonds. The smallest absolute Gasteiger partial charge is 0.354 e. The Morgan fingerprint density at radius 2 is 1.76 bits per heavy atom. The normalized spacial score (nSPS) is 10.8. The van der Waals surface area contributed by atoms with E-state index in [-0.39, 0.29) is 11.7 Å². The summed E-state index contributed by atoms with van der Waals surface area (Å²) in [6, 6.07) is 2.71. The summed E-state index contributed by atoms with van der Waals surface area (Å²) in [7, 11) is 0. The van der Waals surface area contributed by atoms with Gasteiger partial charge in [0.25, 0.3) is 0 Å². The Morgan fingerprint density at radius 3 is 2.14 bits per heavy atom. The van der Waals surface area contributed by atoms with Crippen molar-refractivity contribution >= 4 is 17.7 Å². The molecule has 6 heteroatoms. The third-order valence-electron chi connectivity index (χ3n) is 2.69. The molecule has 2 N–H and O–H groups in total. The van der Waals surface area contributed by atoms with Gasteiger partial charge in [0.2, 0.25) is 0 Å². The van der Waals surface area contributed by atoms with Gasteiger partial charge < -0.3 is 15.3 Å². The molecule has 116 valence electrons. The molecule has 0 saturated heterocycles. The van der Waals surface area contributed by atoms with E-state index < -0.39 is 5.97 Å². The Labute approximate surface area is 125 Å². The van der Waals surface area contributed by atoms with Gasteiger partial charge in [-0.25, -0.2) is 14.6 Å². The number of carbonyl (C=O) groups is 2. The van der Waals surface area contributed by atoms with E-state index in [1.165, 1.54) is 18.3 Å². The second kappa shape index (κ2) is 7.61. The molecule has 0 radical (unpaired) electrons. The van der Waals surface area contributed by atoms with E-state index >= 15 is 0 Å². The molecule has 0 fully saturated rings. The average molecular weight is 293 g/mol. The van der Waals surface area contributed by atoms with E-state index in [0.29, 0.717) is 30.6 Å². The lowest BCUT2D eigenvalue weighted by atomic mass is 10.1. The van der Waals surface area contributed by atoms with Crippen molar-refractivity contribution in [3.05, 3.63) is 24.0 Å². The first-order chi connectivity index (χ1) is 9.79. The van der Waals surface area contributed by atoms with Crippen LogP contribution in [0.25, 0.3) is 0 Å². The molecule has 0 aliphatic carbocycles. The number of pyridine rings is 1. The van der Waals surface area contributed by atoms with Crippen LogP contribution in [0.2, 0.25) is 0 Å². The van der Waals surface area contributed by atoms with E-state index in [9.17, 15) is 9.59 Å². The van der Waals surface area contributed by atoms with Gasteiger partial charge in [0.1, 0.15) is 5.69 Å². The first kappa shape index (κ1) is 16.9. The molecule has 0 bridgehead atoms. The van der Waals surface area contributed by atoms with Gasteiger partial charge in [-0.3, -0.25) is 0 Å². The first-order valence-corrected chi connectivity index (χ1v) is 7.04. The monoisotopic (exact) mass is 293 g/mol. The van der Waals surface area contributed by atoms with Crippen LogP contribution < -0.4 is 5.32 Å². The summed E-state index contributed by atoms with van der Waals surface area (Å²) in [5.74, 6) is -0.335. The minimum Gasteiger partial charge on any atom is -0.477 e. The number of anilines is 1. The van der Waals surface area contributed by atoms with Crippen molar-refractivity contribution in [1.82, 2.24) is 9.88 Å². The summed E-state index contributed by atoms with van der Waals surface area (Å²) in [4.78, 5) is 28.5. The Morgan fingerprint density at radius 1 is 1.19 bits per heavy atom. The molecule has 0 aromatic carbocycles. The molecule has 0 aliphatic heterocycles. The Balaban J connectivity index is 2.73. The summed E-state index contributed by atoms with van der Waals surface area (Å²) < 4.78 is 0. The number of carbonyl (C=O) groups excluding carboxylic acids is 1. The maximum absolute atomic E-state index is 12.3. The van der Waals surface area contributed by atoms with Crippen molar-refractivity contribution in [3.8, 4) is 0 Å². The zero-order valence-electron chi connectivity index (χ0n) is 13.0. The number of urea groups is 1. The Bertz CT molecular complexity index is 473. The number of aromatic nitrogens is 1. The highest BCUT2D eigenvalue weighted by atomic mass is 16.4. The summed E-state index contributed by atoms with van der Waals surface area (Å²) in [6.07, 6.45) is 1.35. The molecule has 0 unspecified atom stereocenters. The predicted molar refractivity (Wildman–Crippen MR) is 81.5 cm³/mol. The Kier molecular flexibility index (Phi) is 6.14. The van der Waals surface area contributed by atoms with Crippen LogP contribution in [0.4, 0.5) is 10.5 Å². The van der Waals surface area contributed by atoms with E-state index in [4.69, 9.17) is 5.11 Å². The summed E-state index contributed by atoms with van der Waals surface area (Å²) in [6.45, 7) is 9.58. The van der Waals surface area contributed by atoms with Crippen LogP contribution in [0.15, 0.2) is 18.3 Å². The number of nitrogens with zero attached hydrogens (tertiary/aromatic N) is 2. The maximum atomic E-state index is 12.3. The second-order valence-electron chi connectivity index (χ2n) is 5.86. The highest BCUT2D eigenvalue weighted by molar-refractivity contribution is 5.90. The van der Waals surface area contributed by atoms with Crippen LogP contribution in [0, 0.1) is 11.8 Å². The van der Waals surface area contributed by atoms with Crippen molar-refractivity contribution in [3.63, 3.8) is 0 Å². The van der Waals surface area contributed by atoms with Gasteiger partial charge in [0.15, 0.2) is 0 Å². The van der Waals surface area contributed by atoms with E-state index in [1.807, 2.05) is 0 Å². The zero-order chi connectivity index (χ0) is 16.0. The highest BCUT2D eigenvalue weighted by Crippen LogP contribution is 2.10. The minimum atomic E-state index is -1.09. The molecule has 0 saturated carbocycles. The molecular formula is C15H23N3O3. The highest BCUT2D eigenvalue weighted by Gasteiger charge is 2.16. The first-order valence-electron chi connectivity index (χ1n) is 7.04. The number of hydrogen-bond donors (Lipinski definition) is 2. The molecule has 0 aliphatic rings. The molecule has 1 heterocycles. The van der Waals surface area contributed by atoms with E-state index in [0.717, 1.165) is 0 Å². The van der Waals surface area contributed by atoms with Crippen LogP contribution >= 0.6 is 0 Å². The largest absolute Gasteiger partial charge is 0.477 e. The molecule has 0 spiro atoms. The van der Waals surface area contributed by atoms with Crippen LogP contribution in [0.3, 0.4) is 0 Å². The molecule has 1 aromatic heterocycles. The van der Waals surface area contributed by atoms with E-state index in [1.54, 1.807) is 4.90 Å². The fraction of sp³-hybridized carbons (Fsp3) is 0.533. The standard InChI is InChI=1S/C15H23N3O3/c1-10(2)8-18(9-11(3)4)15(21)17-12-5-6-13(14(19)20)16-7-12/h5-7,10-11H,8-9H2,1-4H3,(H,17,21)(H,19,20). The third kappa shape index (κ3) is 5.81. The molecule has 6 nitrogen and oxygen atoms in total. The van der Waals surface area contributed by atoms with Crippen LogP contribution in [0.5, 0.6) is 0 Å². The van der Waals surface area contributed by atoms with Crippen molar-refractivity contribution in [2.24, 2.45) is 11.8 Å². The number of hydrogen-bond acceptors (Lipinski definition) is 3. The lowest BCUT2D eigenvalue weighted by Gasteiger charge is -2.26. The summed E-state index contributed by atoms with van der Waals surface area (Å²) in [5.41, 5.74) is 0.441. The third-order valence-corrected chi connectivity index (χ3v) is 2.69. The minimum absolute atomic E-state index is 0.0470. The second-order valence-corrected chi connectivity index (χ2v) is 5.86. The molecule has 1 rings (SSSR count). The Hall–Kier alpha value is -2.11. The zero-order valence-corrected chi connectivity index (χ0v) is 13.0. The van der Waals surface area contributed by atoms with Gasteiger partial charge in [-0.2, -0.15) is 0 Å². The number of rotatable bonds is 6. The summed E-state index contributed by atoms with van der Waals surface area (Å²) >= 11 is 0. The van der Waals surface area contributed by atoms with Crippen molar-refractivity contribution in [2.45, 2.75) is 27.7 Å². The lowest BCUT2D eigenvalue weighted by Crippen LogP contribution is -2.39. The fourth-order valence-electron chi connectivity index (χ4n) is 1.92. The fourth-order valence-corrected chi connectivity index (χ4v) is 1.92. The lowest BCUT2D eigenvalue weighted by molar-refractivity contribution is 0.0690. The van der Waals surface area contributed by atoms with Gasteiger partial charge in [0.05, 0.1) is 11.9 Å². The number of nitrogens with one attached hydrogen (secondary N) is 1. The van der Waals surface area contributed by atoms with Crippen molar-refractivity contribution in [1.29, 1.82) is 0 Å². The molecule has 0 atom stereocenters. The van der Waals surface area contributed by atoms with Crippen LogP contribution in [-0.4, -0.2) is 40.1 Å². The van der Waals surface area contributed by atoms with Crippen LogP contribution in [-0.2, 0) is 0 Å². The SMILES string of the molecule is CC(C)CN(CC(C)C)C(=O)Nc1ccc(C(=O)O)nc1. The average Bonchev–Trinajstić information content (AvgIpc) is 2.37. The van der Waals surface area contributed by atoms with Gasteiger partial charge in [-0.1, -0.05) is 27.7 Å². The quantitative estimate of drug-likeness (QED) is 0.844. The van der Waals surface area contributed by atoms with Gasteiger partial charge >= 0.3 is 12.0 Å². The van der Waals surface area contributed by atoms with Crippen LogP contribution in [0.1, 0.15) is 38.2 Å². The molecule has 21 heavy (non-hydrogen) atoms. The number of carboxylic acids is 1. The maximum Gasteiger partial charge on any atom is 0.354 e.